The second-order valence-electron chi connectivity index (χ2n) is 6.46. The monoisotopic (exact) mass is 290 g/mol. The summed E-state index contributed by atoms with van der Waals surface area (Å²) in [6.45, 7) is 5.99. The minimum Gasteiger partial charge on any atom is -0.494 e. The predicted molar refractivity (Wildman–Crippen MR) is 88.6 cm³/mol. The van der Waals surface area contributed by atoms with Gasteiger partial charge in [0.15, 0.2) is 0 Å². The molecule has 3 heteroatoms. The predicted octanol–water partition coefficient (Wildman–Crippen LogP) is 3.60. The van der Waals surface area contributed by atoms with Crippen molar-refractivity contribution in [2.45, 2.75) is 51.6 Å². The molecule has 21 heavy (non-hydrogen) atoms. The van der Waals surface area contributed by atoms with Crippen molar-refractivity contribution in [1.29, 1.82) is 0 Å². The van der Waals surface area contributed by atoms with Gasteiger partial charge in [-0.15, -0.1) is 0 Å². The molecule has 0 bridgehead atoms. The van der Waals surface area contributed by atoms with Gasteiger partial charge >= 0.3 is 0 Å². The topological polar surface area (TPSA) is 38.5 Å². The van der Waals surface area contributed by atoms with Crippen LogP contribution in [0.1, 0.15) is 51.1 Å². The van der Waals surface area contributed by atoms with Gasteiger partial charge in [0.05, 0.1) is 6.61 Å². The standard InChI is InChI=1S/C18H30N2O/c1-4-21-17-11-7-15(8-12-17)18(19)13-20(3)16-9-5-14(2)6-10-16/h7-8,11-12,14,16,18H,4-6,9-10,13,19H2,1-3H3. The first-order valence-corrected chi connectivity index (χ1v) is 8.28. The molecule has 0 amide bonds. The van der Waals surface area contributed by atoms with Crippen LogP contribution in [0, 0.1) is 5.92 Å². The maximum absolute atomic E-state index is 6.37. The maximum atomic E-state index is 6.37. The first kappa shape index (κ1) is 16.3. The van der Waals surface area contributed by atoms with E-state index >= 15 is 0 Å². The first-order valence-electron chi connectivity index (χ1n) is 8.28. The second kappa shape index (κ2) is 7.81. The SMILES string of the molecule is CCOc1ccc(C(N)CN(C)C2CCC(C)CC2)cc1. The van der Waals surface area contributed by atoms with Gasteiger partial charge in [-0.25, -0.2) is 0 Å². The Morgan fingerprint density at radius 1 is 1.19 bits per heavy atom. The fourth-order valence-corrected chi connectivity index (χ4v) is 3.23. The molecule has 1 saturated carbocycles. The highest BCUT2D eigenvalue weighted by molar-refractivity contribution is 5.29. The highest BCUT2D eigenvalue weighted by Crippen LogP contribution is 2.27. The van der Waals surface area contributed by atoms with Gasteiger partial charge in [0.2, 0.25) is 0 Å². The summed E-state index contributed by atoms with van der Waals surface area (Å²) in [6.07, 6.45) is 5.34. The van der Waals surface area contributed by atoms with Crippen molar-refractivity contribution in [3.8, 4) is 5.75 Å². The summed E-state index contributed by atoms with van der Waals surface area (Å²) in [5.74, 6) is 1.82. The number of hydrogen-bond acceptors (Lipinski definition) is 3. The van der Waals surface area contributed by atoms with Crippen molar-refractivity contribution >= 4 is 0 Å². The number of nitrogens with two attached hydrogens (primary N) is 1. The molecule has 0 spiro atoms. The lowest BCUT2D eigenvalue weighted by molar-refractivity contribution is 0.162. The zero-order valence-electron chi connectivity index (χ0n) is 13.7. The molecular formula is C18H30N2O. The number of benzene rings is 1. The molecule has 1 unspecified atom stereocenters. The Labute approximate surface area is 129 Å². The van der Waals surface area contributed by atoms with E-state index in [1.54, 1.807) is 0 Å². The first-order chi connectivity index (χ1) is 10.1. The van der Waals surface area contributed by atoms with Gasteiger partial charge in [-0.2, -0.15) is 0 Å². The third kappa shape index (κ3) is 4.72. The van der Waals surface area contributed by atoms with Gasteiger partial charge in [0.1, 0.15) is 5.75 Å². The van der Waals surface area contributed by atoms with Gasteiger partial charge < -0.3 is 15.4 Å². The molecule has 0 heterocycles. The van der Waals surface area contributed by atoms with Crippen molar-refractivity contribution in [2.75, 3.05) is 20.2 Å². The summed E-state index contributed by atoms with van der Waals surface area (Å²) in [6, 6.07) is 8.99. The lowest BCUT2D eigenvalue weighted by atomic mass is 9.86. The van der Waals surface area contributed by atoms with Gasteiger partial charge in [-0.3, -0.25) is 0 Å². The zero-order valence-corrected chi connectivity index (χ0v) is 13.7. The van der Waals surface area contributed by atoms with Gasteiger partial charge in [-0.1, -0.05) is 19.1 Å². The Bertz CT molecular complexity index is 410. The summed E-state index contributed by atoms with van der Waals surface area (Å²) < 4.78 is 5.48. The fourth-order valence-electron chi connectivity index (χ4n) is 3.23. The van der Waals surface area contributed by atoms with Crippen LogP contribution >= 0.6 is 0 Å². The molecule has 3 nitrogen and oxygen atoms in total. The van der Waals surface area contributed by atoms with Crippen LogP contribution in [0.2, 0.25) is 0 Å². The fraction of sp³-hybridized carbons (Fsp3) is 0.667. The Morgan fingerprint density at radius 3 is 2.38 bits per heavy atom. The van der Waals surface area contributed by atoms with Crippen LogP contribution in [0.15, 0.2) is 24.3 Å². The molecule has 1 aromatic rings. The molecular weight excluding hydrogens is 260 g/mol. The van der Waals surface area contributed by atoms with E-state index in [-0.39, 0.29) is 6.04 Å². The lowest BCUT2D eigenvalue weighted by Gasteiger charge is -2.35. The van der Waals surface area contributed by atoms with E-state index in [9.17, 15) is 0 Å². The number of hydrogen-bond donors (Lipinski definition) is 1. The van der Waals surface area contributed by atoms with E-state index in [1.807, 2.05) is 19.1 Å². The van der Waals surface area contributed by atoms with Crippen molar-refractivity contribution in [3.05, 3.63) is 29.8 Å². The molecule has 1 aromatic carbocycles. The molecule has 1 aliphatic carbocycles. The van der Waals surface area contributed by atoms with Crippen LogP contribution in [-0.2, 0) is 0 Å². The average molecular weight is 290 g/mol. The van der Waals surface area contributed by atoms with E-state index in [0.29, 0.717) is 12.6 Å². The van der Waals surface area contributed by atoms with Crippen molar-refractivity contribution in [2.24, 2.45) is 11.7 Å². The number of rotatable bonds is 6. The van der Waals surface area contributed by atoms with Crippen molar-refractivity contribution in [1.82, 2.24) is 4.90 Å². The van der Waals surface area contributed by atoms with E-state index in [4.69, 9.17) is 10.5 Å². The maximum Gasteiger partial charge on any atom is 0.119 e. The van der Waals surface area contributed by atoms with Crippen LogP contribution in [0.5, 0.6) is 5.75 Å². The van der Waals surface area contributed by atoms with Crippen LogP contribution < -0.4 is 10.5 Å². The molecule has 1 aliphatic rings. The third-order valence-corrected chi connectivity index (χ3v) is 4.71. The highest BCUT2D eigenvalue weighted by atomic mass is 16.5. The van der Waals surface area contributed by atoms with Crippen LogP contribution in [0.4, 0.5) is 0 Å². The normalized spacial score (nSPS) is 24.0. The Balaban J connectivity index is 1.86. The lowest BCUT2D eigenvalue weighted by Crippen LogP contribution is -2.39. The summed E-state index contributed by atoms with van der Waals surface area (Å²) in [7, 11) is 2.22. The molecule has 0 aliphatic heterocycles. The van der Waals surface area contributed by atoms with Gasteiger partial charge in [0.25, 0.3) is 0 Å². The Kier molecular flexibility index (Phi) is 6.07. The van der Waals surface area contributed by atoms with Crippen molar-refractivity contribution in [3.63, 3.8) is 0 Å². The summed E-state index contributed by atoms with van der Waals surface area (Å²) in [4.78, 5) is 2.45. The average Bonchev–Trinajstić information content (AvgIpc) is 2.49. The van der Waals surface area contributed by atoms with Crippen LogP contribution in [0.3, 0.4) is 0 Å². The Hall–Kier alpha value is -1.06. The van der Waals surface area contributed by atoms with E-state index in [1.165, 1.54) is 31.2 Å². The third-order valence-electron chi connectivity index (χ3n) is 4.71. The van der Waals surface area contributed by atoms with E-state index < -0.39 is 0 Å². The molecule has 0 saturated heterocycles. The van der Waals surface area contributed by atoms with E-state index in [2.05, 4.69) is 31.0 Å². The van der Waals surface area contributed by atoms with Crippen molar-refractivity contribution < 1.29 is 4.74 Å². The van der Waals surface area contributed by atoms with E-state index in [0.717, 1.165) is 18.2 Å². The molecule has 2 rings (SSSR count). The van der Waals surface area contributed by atoms with Gasteiger partial charge in [0, 0.05) is 18.6 Å². The smallest absolute Gasteiger partial charge is 0.119 e. The number of nitrogens with zero attached hydrogens (tertiary/aromatic N) is 1. The summed E-state index contributed by atoms with van der Waals surface area (Å²) in [5.41, 5.74) is 7.56. The largest absolute Gasteiger partial charge is 0.494 e. The summed E-state index contributed by atoms with van der Waals surface area (Å²) >= 11 is 0. The quantitative estimate of drug-likeness (QED) is 0.870. The minimum absolute atomic E-state index is 0.0741. The molecule has 118 valence electrons. The molecule has 1 fully saturated rings. The Morgan fingerprint density at radius 2 is 1.81 bits per heavy atom. The van der Waals surface area contributed by atoms with Crippen LogP contribution in [0.25, 0.3) is 0 Å². The zero-order chi connectivity index (χ0) is 15.2. The molecule has 0 aromatic heterocycles. The number of ether oxygens (including phenoxy) is 1. The highest BCUT2D eigenvalue weighted by Gasteiger charge is 2.23. The molecule has 2 N–H and O–H groups in total. The number of likely N-dealkylation sites (N-methyl/N-ethyl adjacent to an activating group) is 1. The molecule has 1 atom stereocenters. The molecule has 0 radical (unpaired) electrons. The summed E-state index contributed by atoms with van der Waals surface area (Å²) in [5, 5.41) is 0. The van der Waals surface area contributed by atoms with Gasteiger partial charge in [-0.05, 0) is 63.3 Å². The second-order valence-corrected chi connectivity index (χ2v) is 6.46. The minimum atomic E-state index is 0.0741. The van der Waals surface area contributed by atoms with Crippen LogP contribution in [-0.4, -0.2) is 31.1 Å².